The number of rotatable bonds is 7. The van der Waals surface area contributed by atoms with Gasteiger partial charge in [-0.25, -0.2) is 13.1 Å². The first-order chi connectivity index (χ1) is 12.0. The molecule has 0 fully saturated rings. The molecule has 0 radical (unpaired) electrons. The highest BCUT2D eigenvalue weighted by Crippen LogP contribution is 2.28. The van der Waals surface area contributed by atoms with Gasteiger partial charge in [0.15, 0.2) is 0 Å². The Morgan fingerprint density at radius 3 is 2.27 bits per heavy atom. The maximum absolute atomic E-state index is 13.0. The number of benzene rings is 1. The minimum absolute atomic E-state index is 0.107. The van der Waals surface area contributed by atoms with Crippen molar-refractivity contribution in [3.05, 3.63) is 47.8 Å². The Bertz CT molecular complexity index is 818. The summed E-state index contributed by atoms with van der Waals surface area (Å²) in [6, 6.07) is 10.1. The van der Waals surface area contributed by atoms with Crippen LogP contribution in [0.15, 0.2) is 41.4 Å². The summed E-state index contributed by atoms with van der Waals surface area (Å²) >= 11 is 0. The summed E-state index contributed by atoms with van der Waals surface area (Å²) in [6.45, 7) is 11.8. The van der Waals surface area contributed by atoms with E-state index in [0.717, 1.165) is 12.8 Å². The van der Waals surface area contributed by atoms with E-state index in [1.165, 1.54) is 5.56 Å². The molecule has 1 aromatic carbocycles. The Balaban J connectivity index is 2.18. The number of sulfonamides is 1. The molecule has 1 aromatic heterocycles. The zero-order valence-corrected chi connectivity index (χ0v) is 17.5. The number of hydrogen-bond donors (Lipinski definition) is 1. The van der Waals surface area contributed by atoms with E-state index >= 15 is 0 Å². The molecule has 6 heteroatoms. The molecule has 0 saturated carbocycles. The number of nitrogens with zero attached hydrogens (tertiary/aromatic N) is 2. The minimum atomic E-state index is -3.62. The van der Waals surface area contributed by atoms with Crippen LogP contribution in [0.5, 0.6) is 0 Å². The van der Waals surface area contributed by atoms with E-state index in [2.05, 4.69) is 22.0 Å². The average Bonchev–Trinajstić information content (AvgIpc) is 3.00. The van der Waals surface area contributed by atoms with Crippen molar-refractivity contribution in [2.45, 2.75) is 76.8 Å². The van der Waals surface area contributed by atoms with E-state index in [4.69, 9.17) is 0 Å². The third-order valence-corrected chi connectivity index (χ3v) is 5.88. The molecular formula is C20H31N3O2S. The molecule has 0 bridgehead atoms. The highest BCUT2D eigenvalue weighted by Gasteiger charge is 2.31. The summed E-state index contributed by atoms with van der Waals surface area (Å²) in [6.07, 6.45) is 3.23. The zero-order chi connectivity index (χ0) is 19.5. The van der Waals surface area contributed by atoms with E-state index in [0.29, 0.717) is 5.69 Å². The van der Waals surface area contributed by atoms with Crippen molar-refractivity contribution < 1.29 is 8.42 Å². The minimum Gasteiger partial charge on any atom is -0.269 e. The monoisotopic (exact) mass is 377 g/mol. The lowest BCUT2D eigenvalue weighted by atomic mass is 9.92. The molecule has 0 aliphatic heterocycles. The predicted molar refractivity (Wildman–Crippen MR) is 106 cm³/mol. The number of nitrogens with one attached hydrogen (secondary N) is 1. The lowest BCUT2D eigenvalue weighted by Gasteiger charge is -2.19. The number of aryl methyl sites for hydroxylation is 1. The quantitative estimate of drug-likeness (QED) is 0.791. The van der Waals surface area contributed by atoms with E-state index in [1.54, 1.807) is 10.9 Å². The molecule has 0 saturated heterocycles. The second-order valence-electron chi connectivity index (χ2n) is 8.21. The first-order valence-electron chi connectivity index (χ1n) is 9.16. The predicted octanol–water partition coefficient (Wildman–Crippen LogP) is 4.06. The lowest BCUT2D eigenvalue weighted by molar-refractivity contribution is 0.492. The van der Waals surface area contributed by atoms with Gasteiger partial charge in [0, 0.05) is 23.7 Å². The standard InChI is InChI=1S/C20H31N3O2S/c1-15(2)23-14-18(19(21-23)20(4,5)6)26(24,25)22-16(3)12-13-17-10-8-7-9-11-17/h7-11,14-16,22H,12-13H2,1-6H3. The van der Waals surface area contributed by atoms with Crippen molar-refractivity contribution in [3.63, 3.8) is 0 Å². The lowest BCUT2D eigenvalue weighted by Crippen LogP contribution is -2.34. The van der Waals surface area contributed by atoms with Gasteiger partial charge in [-0.1, -0.05) is 51.1 Å². The topological polar surface area (TPSA) is 64.0 Å². The first-order valence-corrected chi connectivity index (χ1v) is 10.6. The van der Waals surface area contributed by atoms with Gasteiger partial charge >= 0.3 is 0 Å². The van der Waals surface area contributed by atoms with Crippen LogP contribution in [0.3, 0.4) is 0 Å². The SMILES string of the molecule is CC(CCc1ccccc1)NS(=O)(=O)c1cn(C(C)C)nc1C(C)(C)C. The van der Waals surface area contributed by atoms with Crippen molar-refractivity contribution in [1.29, 1.82) is 0 Å². The summed E-state index contributed by atoms with van der Waals surface area (Å²) in [5.41, 5.74) is 1.47. The van der Waals surface area contributed by atoms with Crippen LogP contribution in [-0.2, 0) is 21.9 Å². The summed E-state index contributed by atoms with van der Waals surface area (Å²) in [4.78, 5) is 0.283. The second kappa shape index (κ2) is 7.92. The zero-order valence-electron chi connectivity index (χ0n) is 16.7. The molecule has 2 aromatic rings. The van der Waals surface area contributed by atoms with Gasteiger partial charge in [-0.3, -0.25) is 4.68 Å². The van der Waals surface area contributed by atoms with Crippen LogP contribution in [-0.4, -0.2) is 24.2 Å². The molecule has 0 aliphatic rings. The summed E-state index contributed by atoms with van der Waals surface area (Å²) in [5.74, 6) is 0. The van der Waals surface area contributed by atoms with Crippen LogP contribution >= 0.6 is 0 Å². The fourth-order valence-corrected chi connectivity index (χ4v) is 4.39. The van der Waals surface area contributed by atoms with Gasteiger partial charge in [0.1, 0.15) is 4.90 Å². The molecule has 1 unspecified atom stereocenters. The fourth-order valence-electron chi connectivity index (χ4n) is 2.77. The molecule has 144 valence electrons. The smallest absolute Gasteiger partial charge is 0.244 e. The van der Waals surface area contributed by atoms with E-state index in [-0.39, 0.29) is 22.4 Å². The number of hydrogen-bond acceptors (Lipinski definition) is 3. The summed E-state index contributed by atoms with van der Waals surface area (Å²) in [5, 5.41) is 4.55. The third kappa shape index (κ3) is 5.17. The van der Waals surface area contributed by atoms with Crippen molar-refractivity contribution in [2.24, 2.45) is 0 Å². The Morgan fingerprint density at radius 2 is 1.73 bits per heavy atom. The van der Waals surface area contributed by atoms with Gasteiger partial charge in [0.25, 0.3) is 0 Å². The van der Waals surface area contributed by atoms with Crippen LogP contribution in [0.25, 0.3) is 0 Å². The van der Waals surface area contributed by atoms with E-state index in [9.17, 15) is 8.42 Å². The van der Waals surface area contributed by atoms with Gasteiger partial charge in [-0.05, 0) is 39.2 Å². The Kier molecular flexibility index (Phi) is 6.29. The molecule has 5 nitrogen and oxygen atoms in total. The Morgan fingerprint density at radius 1 is 1.12 bits per heavy atom. The van der Waals surface area contributed by atoms with Gasteiger partial charge in [0.2, 0.25) is 10.0 Å². The highest BCUT2D eigenvalue weighted by atomic mass is 32.2. The van der Waals surface area contributed by atoms with Gasteiger partial charge < -0.3 is 0 Å². The van der Waals surface area contributed by atoms with Crippen molar-refractivity contribution in [3.8, 4) is 0 Å². The van der Waals surface area contributed by atoms with Crippen molar-refractivity contribution in [2.75, 3.05) is 0 Å². The van der Waals surface area contributed by atoms with Crippen LogP contribution in [0.4, 0.5) is 0 Å². The molecule has 1 atom stereocenters. The van der Waals surface area contributed by atoms with Crippen LogP contribution < -0.4 is 4.72 Å². The Labute approximate surface area is 157 Å². The van der Waals surface area contributed by atoms with Crippen LogP contribution in [0.1, 0.15) is 65.3 Å². The maximum Gasteiger partial charge on any atom is 0.244 e. The first kappa shape index (κ1) is 20.6. The van der Waals surface area contributed by atoms with Crippen molar-refractivity contribution in [1.82, 2.24) is 14.5 Å². The molecule has 0 amide bonds. The largest absolute Gasteiger partial charge is 0.269 e. The number of aromatic nitrogens is 2. The summed E-state index contributed by atoms with van der Waals surface area (Å²) in [7, 11) is -3.62. The second-order valence-corrected chi connectivity index (χ2v) is 9.89. The normalized spacial score (nSPS) is 14.0. The van der Waals surface area contributed by atoms with Gasteiger partial charge in [-0.15, -0.1) is 0 Å². The Hall–Kier alpha value is -1.66. The highest BCUT2D eigenvalue weighted by molar-refractivity contribution is 7.89. The summed E-state index contributed by atoms with van der Waals surface area (Å²) < 4.78 is 30.5. The van der Waals surface area contributed by atoms with Crippen molar-refractivity contribution >= 4 is 10.0 Å². The molecule has 1 N–H and O–H groups in total. The van der Waals surface area contributed by atoms with Crippen LogP contribution in [0.2, 0.25) is 0 Å². The molecule has 26 heavy (non-hydrogen) atoms. The molecule has 0 aliphatic carbocycles. The molecule has 1 heterocycles. The maximum atomic E-state index is 13.0. The molecule has 2 rings (SSSR count). The van der Waals surface area contributed by atoms with Crippen LogP contribution in [0, 0.1) is 0 Å². The van der Waals surface area contributed by atoms with E-state index in [1.807, 2.05) is 59.7 Å². The third-order valence-electron chi connectivity index (χ3n) is 4.29. The van der Waals surface area contributed by atoms with E-state index < -0.39 is 10.0 Å². The van der Waals surface area contributed by atoms with Gasteiger partial charge in [0.05, 0.1) is 5.69 Å². The van der Waals surface area contributed by atoms with Gasteiger partial charge in [-0.2, -0.15) is 5.10 Å². The average molecular weight is 378 g/mol. The fraction of sp³-hybridized carbons (Fsp3) is 0.550. The molecule has 0 spiro atoms. The molecular weight excluding hydrogens is 346 g/mol.